The molecule has 3 rings (SSSR count). The molecule has 0 bridgehead atoms. The Kier molecular flexibility index (Phi) is 6.26. The average molecular weight is 427 g/mol. The second kappa shape index (κ2) is 8.20. The van der Waals surface area contributed by atoms with E-state index in [2.05, 4.69) is 19.7 Å². The zero-order chi connectivity index (χ0) is 20.5. The predicted molar refractivity (Wildman–Crippen MR) is 115 cm³/mol. The topological polar surface area (TPSA) is 66.7 Å². The smallest absolute Gasteiger partial charge is 0.242 e. The minimum atomic E-state index is -3.63. The number of thiol groups is 1. The number of rotatable bonds is 7. The minimum absolute atomic E-state index is 0.00440. The molecule has 3 saturated heterocycles. The molecule has 6 nitrogen and oxygen atoms in total. The highest BCUT2D eigenvalue weighted by Crippen LogP contribution is 2.46. The van der Waals surface area contributed by atoms with Gasteiger partial charge in [-0.3, -0.25) is 4.21 Å². The van der Waals surface area contributed by atoms with Crippen LogP contribution in [0.5, 0.6) is 0 Å². The van der Waals surface area contributed by atoms with E-state index in [1.54, 1.807) is 6.08 Å². The Morgan fingerprint density at radius 3 is 2.39 bits per heavy atom. The Morgan fingerprint density at radius 1 is 1.18 bits per heavy atom. The molecular weight excluding hydrogens is 396 g/mol. The Morgan fingerprint density at radius 2 is 1.86 bits per heavy atom. The van der Waals surface area contributed by atoms with Crippen molar-refractivity contribution in [2.75, 3.05) is 32.8 Å². The number of morpholine rings is 1. The fraction of sp³-hybridized carbons (Fsp3) is 0.500. The SMILES string of the molecule is C=C/C(=C\C)C1CCN(S(=O)(=O)C(=C)/C=C\C(=C)[SH]2(=O)C3COCCN32)CC1. The van der Waals surface area contributed by atoms with Gasteiger partial charge in [-0.15, -0.1) is 0 Å². The van der Waals surface area contributed by atoms with Crippen LogP contribution in [0.4, 0.5) is 0 Å². The summed E-state index contributed by atoms with van der Waals surface area (Å²) >= 11 is 0. The van der Waals surface area contributed by atoms with Crippen LogP contribution in [-0.4, -0.2) is 59.5 Å². The zero-order valence-electron chi connectivity index (χ0n) is 16.4. The first-order valence-corrected chi connectivity index (χ1v) is 12.7. The molecule has 0 radical (unpaired) electrons. The van der Waals surface area contributed by atoms with Gasteiger partial charge >= 0.3 is 0 Å². The van der Waals surface area contributed by atoms with Crippen molar-refractivity contribution in [1.82, 2.24) is 8.61 Å². The third-order valence-electron chi connectivity index (χ3n) is 5.85. The van der Waals surface area contributed by atoms with Crippen molar-refractivity contribution >= 4 is 20.1 Å². The van der Waals surface area contributed by atoms with E-state index in [-0.39, 0.29) is 10.3 Å². The third-order valence-corrected chi connectivity index (χ3v) is 10.9. The number of sulfonamides is 1. The molecular formula is C20H30N2O4S2. The number of nitrogens with zero attached hydrogens (tertiary/aromatic N) is 2. The predicted octanol–water partition coefficient (Wildman–Crippen LogP) is 2.35. The summed E-state index contributed by atoms with van der Waals surface area (Å²) < 4.78 is 47.4. The van der Waals surface area contributed by atoms with E-state index in [0.29, 0.717) is 43.7 Å². The lowest BCUT2D eigenvalue weighted by molar-refractivity contribution is 0.0879. The molecule has 0 saturated carbocycles. The normalized spacial score (nSPS) is 29.8. The van der Waals surface area contributed by atoms with Gasteiger partial charge in [-0.25, -0.2) is 12.7 Å². The second-order valence-corrected chi connectivity index (χ2v) is 12.2. The van der Waals surface area contributed by atoms with Crippen LogP contribution in [0.2, 0.25) is 0 Å². The van der Waals surface area contributed by atoms with Crippen molar-refractivity contribution in [3.05, 3.63) is 59.4 Å². The Balaban J connectivity index is 1.61. The van der Waals surface area contributed by atoms with Gasteiger partial charge in [-0.1, -0.05) is 31.9 Å². The van der Waals surface area contributed by atoms with Crippen LogP contribution in [0.25, 0.3) is 0 Å². The van der Waals surface area contributed by atoms with Gasteiger partial charge in [0.05, 0.1) is 18.1 Å². The summed E-state index contributed by atoms with van der Waals surface area (Å²) in [6.45, 7) is 16.0. The Labute approximate surface area is 169 Å². The molecule has 8 heteroatoms. The molecule has 0 spiro atoms. The van der Waals surface area contributed by atoms with Gasteiger partial charge in [0.25, 0.3) is 0 Å². The van der Waals surface area contributed by atoms with Crippen molar-refractivity contribution in [3.8, 4) is 0 Å². The lowest BCUT2D eigenvalue weighted by Crippen LogP contribution is -2.38. The largest absolute Gasteiger partial charge is 0.377 e. The van der Waals surface area contributed by atoms with Crippen LogP contribution in [-0.2, 0) is 24.9 Å². The summed E-state index contributed by atoms with van der Waals surface area (Å²) in [7, 11) is -6.30. The summed E-state index contributed by atoms with van der Waals surface area (Å²) in [5.74, 6) is 0.345. The van der Waals surface area contributed by atoms with Gasteiger partial charge < -0.3 is 4.74 Å². The molecule has 0 aromatic heterocycles. The van der Waals surface area contributed by atoms with E-state index in [4.69, 9.17) is 4.74 Å². The first kappa shape index (κ1) is 21.4. The van der Waals surface area contributed by atoms with Crippen LogP contribution in [0.1, 0.15) is 19.8 Å². The van der Waals surface area contributed by atoms with Crippen LogP contribution in [0.15, 0.2) is 59.4 Å². The van der Waals surface area contributed by atoms with Gasteiger partial charge in [0.15, 0.2) is 0 Å². The van der Waals surface area contributed by atoms with Gasteiger partial charge in [-0.2, -0.15) is 4.31 Å². The number of hydrogen-bond acceptors (Lipinski definition) is 4. The third kappa shape index (κ3) is 3.76. The summed E-state index contributed by atoms with van der Waals surface area (Å²) in [4.78, 5) is 0.464. The highest BCUT2D eigenvalue weighted by Gasteiger charge is 2.56. The maximum Gasteiger partial charge on any atom is 0.242 e. The van der Waals surface area contributed by atoms with Crippen LogP contribution >= 0.6 is 0 Å². The van der Waals surface area contributed by atoms with Crippen LogP contribution in [0.3, 0.4) is 0 Å². The van der Waals surface area contributed by atoms with Gasteiger partial charge in [0.1, 0.15) is 5.37 Å². The van der Waals surface area contributed by atoms with Crippen molar-refractivity contribution in [3.63, 3.8) is 0 Å². The molecule has 156 valence electrons. The van der Waals surface area contributed by atoms with Gasteiger partial charge in [0.2, 0.25) is 10.0 Å². The van der Waals surface area contributed by atoms with Gasteiger partial charge in [-0.05, 0) is 53.5 Å². The average Bonchev–Trinajstić information content (AvgIpc) is 3.33. The lowest BCUT2D eigenvalue weighted by Gasteiger charge is -2.31. The first-order valence-electron chi connectivity index (χ1n) is 9.56. The molecule has 0 aromatic rings. The van der Waals surface area contributed by atoms with E-state index < -0.39 is 20.1 Å². The van der Waals surface area contributed by atoms with Crippen molar-refractivity contribution in [2.24, 2.45) is 5.92 Å². The summed E-state index contributed by atoms with van der Waals surface area (Å²) in [5, 5.41) is -0.104. The van der Waals surface area contributed by atoms with Gasteiger partial charge in [0, 0.05) is 24.5 Å². The molecule has 3 fully saturated rings. The Hall–Kier alpha value is -1.32. The van der Waals surface area contributed by atoms with E-state index in [1.807, 2.05) is 23.4 Å². The zero-order valence-corrected chi connectivity index (χ0v) is 18.1. The molecule has 0 amide bonds. The second-order valence-electron chi connectivity index (χ2n) is 7.30. The number of hydrogen-bond donors (Lipinski definition) is 1. The van der Waals surface area contributed by atoms with E-state index in [0.717, 1.165) is 12.8 Å². The molecule has 0 aromatic carbocycles. The lowest BCUT2D eigenvalue weighted by atomic mass is 9.90. The summed E-state index contributed by atoms with van der Waals surface area (Å²) in [6, 6.07) is 0. The fourth-order valence-corrected chi connectivity index (χ4v) is 8.11. The van der Waals surface area contributed by atoms with Crippen LogP contribution in [0, 0.1) is 5.92 Å². The molecule has 28 heavy (non-hydrogen) atoms. The molecule has 3 aliphatic rings. The monoisotopic (exact) mass is 426 g/mol. The molecule has 0 aliphatic carbocycles. The molecule has 2 atom stereocenters. The molecule has 3 aliphatic heterocycles. The number of piperidine rings is 1. The summed E-state index contributed by atoms with van der Waals surface area (Å²) in [6.07, 6.45) is 8.38. The van der Waals surface area contributed by atoms with Crippen molar-refractivity contribution in [1.29, 1.82) is 0 Å². The maximum absolute atomic E-state index is 13.0. The standard InChI is InChI=1S/C20H30N2O4S2/c1-5-18(6-2)19-9-11-21(12-10-19)28(24,25)17(4)8-7-16(3)27(23)20-15-26-14-13-22(20)27/h5-8,19-20,27H,1,3-4,9-15H2,2H3/b8-7-,18-6+. The van der Waals surface area contributed by atoms with Crippen molar-refractivity contribution < 1.29 is 17.4 Å². The summed E-state index contributed by atoms with van der Waals surface area (Å²) in [5.41, 5.74) is 1.17. The minimum Gasteiger partial charge on any atom is -0.377 e. The number of ether oxygens (including phenoxy) is 1. The molecule has 2 unspecified atom stereocenters. The van der Waals surface area contributed by atoms with E-state index in [9.17, 15) is 12.6 Å². The molecule has 0 N–H and O–H groups in total. The van der Waals surface area contributed by atoms with E-state index >= 15 is 0 Å². The van der Waals surface area contributed by atoms with Crippen LogP contribution < -0.4 is 0 Å². The molecule has 3 heterocycles. The Bertz CT molecular complexity index is 864. The quantitative estimate of drug-likeness (QED) is 0.386. The number of fused-ring (bicyclic) bond motifs is 1. The first-order chi connectivity index (χ1) is 13.3. The van der Waals surface area contributed by atoms with E-state index in [1.165, 1.54) is 16.0 Å². The fourth-order valence-electron chi connectivity index (χ4n) is 4.02. The highest BCUT2D eigenvalue weighted by atomic mass is 32.3. The highest BCUT2D eigenvalue weighted by molar-refractivity contribution is 8.10. The van der Waals surface area contributed by atoms with Crippen molar-refractivity contribution in [2.45, 2.75) is 25.1 Å². The number of allylic oxidation sites excluding steroid dienone is 5. The maximum atomic E-state index is 13.0.